The molecular formula is C13H19N3O3. The van der Waals surface area contributed by atoms with E-state index in [4.69, 9.17) is 5.11 Å². The average molecular weight is 265 g/mol. The highest BCUT2D eigenvalue weighted by Crippen LogP contribution is 2.21. The Morgan fingerprint density at radius 3 is 2.84 bits per heavy atom. The first-order valence-electron chi connectivity index (χ1n) is 6.55. The Labute approximate surface area is 112 Å². The van der Waals surface area contributed by atoms with Crippen molar-refractivity contribution in [2.75, 3.05) is 13.1 Å². The van der Waals surface area contributed by atoms with Crippen molar-refractivity contribution in [3.63, 3.8) is 0 Å². The molecule has 104 valence electrons. The summed E-state index contributed by atoms with van der Waals surface area (Å²) in [5.41, 5.74) is 1.47. The van der Waals surface area contributed by atoms with Crippen LogP contribution in [0.2, 0.25) is 0 Å². The lowest BCUT2D eigenvalue weighted by Gasteiger charge is -2.15. The van der Waals surface area contributed by atoms with Crippen molar-refractivity contribution in [2.24, 2.45) is 13.0 Å². The molecular weight excluding hydrogens is 246 g/mol. The molecule has 1 atom stereocenters. The third-order valence-corrected chi connectivity index (χ3v) is 3.55. The van der Waals surface area contributed by atoms with Crippen LogP contribution < -0.4 is 0 Å². The number of carbonyl (C=O) groups excluding carboxylic acids is 1. The van der Waals surface area contributed by atoms with Crippen molar-refractivity contribution in [3.05, 3.63) is 17.5 Å². The van der Waals surface area contributed by atoms with Gasteiger partial charge in [0.15, 0.2) is 0 Å². The first-order valence-corrected chi connectivity index (χ1v) is 6.55. The molecule has 1 N–H and O–H groups in total. The molecule has 1 fully saturated rings. The fourth-order valence-electron chi connectivity index (χ4n) is 2.49. The summed E-state index contributed by atoms with van der Waals surface area (Å²) in [6, 6.07) is 1.81. The molecule has 0 saturated carbocycles. The number of aryl methyl sites for hydroxylation is 2. The smallest absolute Gasteiger partial charge is 0.303 e. The molecule has 0 spiro atoms. The summed E-state index contributed by atoms with van der Waals surface area (Å²) in [6.45, 7) is 3.15. The van der Waals surface area contributed by atoms with Crippen LogP contribution in [-0.4, -0.2) is 44.8 Å². The molecule has 0 radical (unpaired) electrons. The minimum absolute atomic E-state index is 0.0532. The SMILES string of the molecule is CCc1cc(C(=O)N2CCC(CC(=O)O)C2)n(C)n1. The van der Waals surface area contributed by atoms with E-state index in [1.165, 1.54) is 0 Å². The van der Waals surface area contributed by atoms with Gasteiger partial charge < -0.3 is 10.0 Å². The summed E-state index contributed by atoms with van der Waals surface area (Å²) < 4.78 is 1.60. The second-order valence-corrected chi connectivity index (χ2v) is 5.00. The second-order valence-electron chi connectivity index (χ2n) is 5.00. The number of carboxylic acid groups (broad SMARTS) is 1. The maximum atomic E-state index is 12.3. The fourth-order valence-corrected chi connectivity index (χ4v) is 2.49. The number of carbonyl (C=O) groups is 2. The zero-order valence-electron chi connectivity index (χ0n) is 11.3. The lowest BCUT2D eigenvalue weighted by molar-refractivity contribution is -0.138. The molecule has 1 aromatic rings. The van der Waals surface area contributed by atoms with Gasteiger partial charge in [0.25, 0.3) is 5.91 Å². The largest absolute Gasteiger partial charge is 0.481 e. The molecule has 19 heavy (non-hydrogen) atoms. The Balaban J connectivity index is 2.04. The van der Waals surface area contributed by atoms with Gasteiger partial charge in [0.1, 0.15) is 5.69 Å². The Morgan fingerprint density at radius 1 is 1.53 bits per heavy atom. The van der Waals surface area contributed by atoms with Crippen molar-refractivity contribution in [1.82, 2.24) is 14.7 Å². The van der Waals surface area contributed by atoms with E-state index in [1.807, 2.05) is 13.0 Å². The monoisotopic (exact) mass is 265 g/mol. The van der Waals surface area contributed by atoms with Crippen molar-refractivity contribution < 1.29 is 14.7 Å². The Hall–Kier alpha value is -1.85. The number of likely N-dealkylation sites (tertiary alicyclic amines) is 1. The summed E-state index contributed by atoms with van der Waals surface area (Å²) in [5.74, 6) is -0.781. The Bertz CT molecular complexity index is 495. The van der Waals surface area contributed by atoms with E-state index in [0.29, 0.717) is 18.8 Å². The van der Waals surface area contributed by atoms with Crippen LogP contribution in [0.1, 0.15) is 35.9 Å². The van der Waals surface area contributed by atoms with Gasteiger partial charge in [-0.15, -0.1) is 0 Å². The molecule has 1 aromatic heterocycles. The van der Waals surface area contributed by atoms with Gasteiger partial charge >= 0.3 is 5.97 Å². The number of rotatable bonds is 4. The maximum absolute atomic E-state index is 12.3. The van der Waals surface area contributed by atoms with Crippen LogP contribution in [0.3, 0.4) is 0 Å². The summed E-state index contributed by atoms with van der Waals surface area (Å²) in [7, 11) is 1.76. The van der Waals surface area contributed by atoms with Gasteiger partial charge in [-0.05, 0) is 24.8 Å². The zero-order chi connectivity index (χ0) is 14.0. The summed E-state index contributed by atoms with van der Waals surface area (Å²) in [6.07, 6.45) is 1.69. The van der Waals surface area contributed by atoms with E-state index in [2.05, 4.69) is 5.10 Å². The molecule has 1 aliphatic rings. The number of hydrogen-bond acceptors (Lipinski definition) is 3. The predicted molar refractivity (Wildman–Crippen MR) is 68.8 cm³/mol. The molecule has 1 saturated heterocycles. The number of carboxylic acids is 1. The number of hydrogen-bond donors (Lipinski definition) is 1. The van der Waals surface area contributed by atoms with Gasteiger partial charge in [-0.25, -0.2) is 0 Å². The van der Waals surface area contributed by atoms with Crippen LogP contribution in [0.5, 0.6) is 0 Å². The highest BCUT2D eigenvalue weighted by molar-refractivity contribution is 5.93. The first-order chi connectivity index (χ1) is 9.01. The highest BCUT2D eigenvalue weighted by atomic mass is 16.4. The summed E-state index contributed by atoms with van der Waals surface area (Å²) >= 11 is 0. The quantitative estimate of drug-likeness (QED) is 0.878. The minimum Gasteiger partial charge on any atom is -0.481 e. The minimum atomic E-state index is -0.798. The van der Waals surface area contributed by atoms with E-state index in [0.717, 1.165) is 18.5 Å². The molecule has 0 aromatic carbocycles. The lowest BCUT2D eigenvalue weighted by Crippen LogP contribution is -2.30. The van der Waals surface area contributed by atoms with Crippen LogP contribution in [0.15, 0.2) is 6.07 Å². The van der Waals surface area contributed by atoms with Crippen molar-refractivity contribution in [3.8, 4) is 0 Å². The number of aromatic nitrogens is 2. The van der Waals surface area contributed by atoms with Crippen molar-refractivity contribution in [1.29, 1.82) is 0 Å². The van der Waals surface area contributed by atoms with E-state index in [-0.39, 0.29) is 18.2 Å². The standard InChI is InChI=1S/C13H19N3O3/c1-3-10-7-11(15(2)14-10)13(19)16-5-4-9(8-16)6-12(17)18/h7,9H,3-6,8H2,1-2H3,(H,17,18). The molecule has 1 aliphatic heterocycles. The third kappa shape index (κ3) is 2.94. The van der Waals surface area contributed by atoms with E-state index in [9.17, 15) is 9.59 Å². The van der Waals surface area contributed by atoms with Gasteiger partial charge in [-0.1, -0.05) is 6.92 Å². The number of nitrogens with zero attached hydrogens (tertiary/aromatic N) is 3. The summed E-state index contributed by atoms with van der Waals surface area (Å²) in [4.78, 5) is 24.8. The number of aliphatic carboxylic acids is 1. The topological polar surface area (TPSA) is 75.4 Å². The average Bonchev–Trinajstić information content (AvgIpc) is 2.94. The molecule has 0 bridgehead atoms. The maximum Gasteiger partial charge on any atom is 0.303 e. The van der Waals surface area contributed by atoms with Crippen LogP contribution in [0, 0.1) is 5.92 Å². The Morgan fingerprint density at radius 2 is 2.26 bits per heavy atom. The van der Waals surface area contributed by atoms with E-state index in [1.54, 1.807) is 16.6 Å². The normalized spacial score (nSPS) is 18.8. The lowest BCUT2D eigenvalue weighted by atomic mass is 10.1. The molecule has 0 aliphatic carbocycles. The van der Waals surface area contributed by atoms with Gasteiger partial charge in [0, 0.05) is 26.6 Å². The molecule has 1 unspecified atom stereocenters. The highest BCUT2D eigenvalue weighted by Gasteiger charge is 2.29. The number of amides is 1. The van der Waals surface area contributed by atoms with Crippen LogP contribution in [0.25, 0.3) is 0 Å². The molecule has 6 heteroatoms. The van der Waals surface area contributed by atoms with Crippen LogP contribution in [0.4, 0.5) is 0 Å². The van der Waals surface area contributed by atoms with Gasteiger partial charge in [-0.2, -0.15) is 5.10 Å². The summed E-state index contributed by atoms with van der Waals surface area (Å²) in [5, 5.41) is 13.0. The first kappa shape index (κ1) is 13.6. The Kier molecular flexibility index (Phi) is 3.87. The zero-order valence-corrected chi connectivity index (χ0v) is 11.3. The fraction of sp³-hybridized carbons (Fsp3) is 0.615. The van der Waals surface area contributed by atoms with Gasteiger partial charge in [0.05, 0.1) is 5.69 Å². The van der Waals surface area contributed by atoms with Crippen molar-refractivity contribution in [2.45, 2.75) is 26.2 Å². The van der Waals surface area contributed by atoms with E-state index >= 15 is 0 Å². The second kappa shape index (κ2) is 5.42. The van der Waals surface area contributed by atoms with Crippen molar-refractivity contribution >= 4 is 11.9 Å². The van der Waals surface area contributed by atoms with Gasteiger partial charge in [-0.3, -0.25) is 14.3 Å². The molecule has 2 heterocycles. The van der Waals surface area contributed by atoms with E-state index < -0.39 is 5.97 Å². The molecule has 1 amide bonds. The predicted octanol–water partition coefficient (Wildman–Crippen LogP) is 0.919. The van der Waals surface area contributed by atoms with Crippen LogP contribution in [-0.2, 0) is 18.3 Å². The van der Waals surface area contributed by atoms with Crippen LogP contribution >= 0.6 is 0 Å². The third-order valence-electron chi connectivity index (χ3n) is 3.55. The molecule has 6 nitrogen and oxygen atoms in total. The van der Waals surface area contributed by atoms with Gasteiger partial charge in [0.2, 0.25) is 0 Å². The molecule has 2 rings (SSSR count).